The van der Waals surface area contributed by atoms with E-state index in [4.69, 9.17) is 4.74 Å². The second-order valence-corrected chi connectivity index (χ2v) is 4.85. The number of carbonyl (C=O) groups is 1. The first kappa shape index (κ1) is 12.7. The monoisotopic (exact) mass is 248 g/mol. The maximum Gasteiger partial charge on any atom is 0.322 e. The highest BCUT2D eigenvalue weighted by atomic mass is 16.5. The number of benzene rings is 1. The highest BCUT2D eigenvalue weighted by Gasteiger charge is 2.23. The third-order valence-electron chi connectivity index (χ3n) is 3.07. The molecular weight excluding hydrogens is 228 g/mol. The lowest BCUT2D eigenvalue weighted by atomic mass is 10.0. The van der Waals surface area contributed by atoms with Crippen LogP contribution in [0.15, 0.2) is 18.2 Å². The highest BCUT2D eigenvalue weighted by molar-refractivity contribution is 5.93. The molecule has 0 atom stereocenters. The van der Waals surface area contributed by atoms with E-state index in [1.54, 1.807) is 12.0 Å². The third kappa shape index (κ3) is 2.58. The Kier molecular flexibility index (Phi) is 3.75. The van der Waals surface area contributed by atoms with Crippen LogP contribution in [0, 0.1) is 0 Å². The van der Waals surface area contributed by atoms with Crippen LogP contribution in [-0.4, -0.2) is 25.7 Å². The van der Waals surface area contributed by atoms with Gasteiger partial charge in [0.1, 0.15) is 5.75 Å². The van der Waals surface area contributed by atoms with Crippen molar-refractivity contribution in [1.82, 2.24) is 5.32 Å². The van der Waals surface area contributed by atoms with Crippen LogP contribution in [0.4, 0.5) is 10.5 Å². The van der Waals surface area contributed by atoms with Crippen molar-refractivity contribution in [1.29, 1.82) is 0 Å². The molecule has 1 N–H and O–H groups in total. The molecule has 2 amide bonds. The zero-order valence-electron chi connectivity index (χ0n) is 11.2. The van der Waals surface area contributed by atoms with E-state index in [0.717, 1.165) is 30.8 Å². The molecule has 0 fully saturated rings. The first-order valence-electron chi connectivity index (χ1n) is 6.36. The summed E-state index contributed by atoms with van der Waals surface area (Å²) in [5.74, 6) is 0.790. The summed E-state index contributed by atoms with van der Waals surface area (Å²) in [6.45, 7) is 4.70. The first-order valence-corrected chi connectivity index (χ1v) is 6.36. The summed E-state index contributed by atoms with van der Waals surface area (Å²) < 4.78 is 5.23. The largest absolute Gasteiger partial charge is 0.497 e. The molecule has 4 heteroatoms. The molecule has 0 radical (unpaired) electrons. The quantitative estimate of drug-likeness (QED) is 0.874. The van der Waals surface area contributed by atoms with Gasteiger partial charge in [0.15, 0.2) is 0 Å². The van der Waals surface area contributed by atoms with Crippen LogP contribution in [0.2, 0.25) is 0 Å². The van der Waals surface area contributed by atoms with Crippen molar-refractivity contribution < 1.29 is 9.53 Å². The van der Waals surface area contributed by atoms with E-state index in [1.807, 2.05) is 32.0 Å². The zero-order chi connectivity index (χ0) is 13.1. The van der Waals surface area contributed by atoms with Crippen molar-refractivity contribution in [2.45, 2.75) is 32.7 Å². The van der Waals surface area contributed by atoms with Crippen molar-refractivity contribution in [2.75, 3.05) is 18.6 Å². The lowest BCUT2D eigenvalue weighted by Crippen LogP contribution is -2.45. The summed E-state index contributed by atoms with van der Waals surface area (Å²) in [6, 6.07) is 6.05. The smallest absolute Gasteiger partial charge is 0.322 e. The Morgan fingerprint density at radius 2 is 2.22 bits per heavy atom. The predicted octanol–water partition coefficient (Wildman–Crippen LogP) is 2.57. The van der Waals surface area contributed by atoms with Crippen molar-refractivity contribution in [3.05, 3.63) is 23.8 Å². The summed E-state index contributed by atoms with van der Waals surface area (Å²) >= 11 is 0. The van der Waals surface area contributed by atoms with Gasteiger partial charge in [-0.2, -0.15) is 0 Å². The number of carbonyl (C=O) groups excluding carboxylic acids is 1. The van der Waals surface area contributed by atoms with Crippen molar-refractivity contribution in [3.63, 3.8) is 0 Å². The van der Waals surface area contributed by atoms with E-state index in [2.05, 4.69) is 5.32 Å². The Balaban J connectivity index is 2.28. The molecule has 1 aromatic carbocycles. The third-order valence-corrected chi connectivity index (χ3v) is 3.07. The number of urea groups is 1. The summed E-state index contributed by atoms with van der Waals surface area (Å²) in [6.07, 6.45) is 2.02. The Hall–Kier alpha value is -1.71. The molecule has 0 saturated carbocycles. The van der Waals surface area contributed by atoms with Gasteiger partial charge in [-0.1, -0.05) is 6.07 Å². The number of amides is 2. The van der Waals surface area contributed by atoms with Crippen molar-refractivity contribution in [2.24, 2.45) is 0 Å². The number of nitrogens with one attached hydrogen (secondary N) is 1. The second-order valence-electron chi connectivity index (χ2n) is 4.85. The van der Waals surface area contributed by atoms with Crippen molar-refractivity contribution >= 4 is 11.7 Å². The Morgan fingerprint density at radius 1 is 1.44 bits per heavy atom. The molecule has 2 rings (SSSR count). The molecule has 1 aromatic rings. The number of hydrogen-bond acceptors (Lipinski definition) is 2. The number of methoxy groups -OCH3 is 1. The molecule has 18 heavy (non-hydrogen) atoms. The van der Waals surface area contributed by atoms with Crippen LogP contribution in [0.25, 0.3) is 0 Å². The van der Waals surface area contributed by atoms with Crippen LogP contribution < -0.4 is 15.0 Å². The van der Waals surface area contributed by atoms with Crippen LogP contribution in [0.1, 0.15) is 25.8 Å². The van der Waals surface area contributed by atoms with Crippen LogP contribution >= 0.6 is 0 Å². The second kappa shape index (κ2) is 5.29. The molecule has 0 unspecified atom stereocenters. The van der Waals surface area contributed by atoms with Gasteiger partial charge in [0.05, 0.1) is 12.8 Å². The molecule has 4 nitrogen and oxygen atoms in total. The Labute approximate surface area is 108 Å². The van der Waals surface area contributed by atoms with E-state index < -0.39 is 0 Å². The molecule has 0 aromatic heterocycles. The molecular formula is C14H20N2O2. The fourth-order valence-electron chi connectivity index (χ4n) is 2.22. The fraction of sp³-hybridized carbons (Fsp3) is 0.500. The summed E-state index contributed by atoms with van der Waals surface area (Å²) in [7, 11) is 1.64. The number of aryl methyl sites for hydroxylation is 1. The maximum absolute atomic E-state index is 12.1. The minimum Gasteiger partial charge on any atom is -0.497 e. The maximum atomic E-state index is 12.1. The number of ether oxygens (including phenoxy) is 1. The molecule has 1 aliphatic rings. The van der Waals surface area contributed by atoms with Crippen LogP contribution in [0.3, 0.4) is 0 Å². The zero-order valence-corrected chi connectivity index (χ0v) is 11.2. The van der Waals surface area contributed by atoms with E-state index in [9.17, 15) is 4.79 Å². The number of hydrogen-bond donors (Lipinski definition) is 1. The van der Waals surface area contributed by atoms with Gasteiger partial charge in [-0.15, -0.1) is 0 Å². The average molecular weight is 248 g/mol. The topological polar surface area (TPSA) is 41.6 Å². The number of anilines is 1. The fourth-order valence-corrected chi connectivity index (χ4v) is 2.22. The lowest BCUT2D eigenvalue weighted by Gasteiger charge is -2.30. The normalized spacial score (nSPS) is 14.3. The van der Waals surface area contributed by atoms with Gasteiger partial charge in [-0.3, -0.25) is 4.90 Å². The Morgan fingerprint density at radius 3 is 2.89 bits per heavy atom. The summed E-state index contributed by atoms with van der Waals surface area (Å²) in [5, 5.41) is 2.94. The minimum atomic E-state index is -0.0285. The van der Waals surface area contributed by atoms with Crippen molar-refractivity contribution in [3.8, 4) is 5.75 Å². The first-order chi connectivity index (χ1) is 8.61. The van der Waals surface area contributed by atoms with Gasteiger partial charge in [0, 0.05) is 18.7 Å². The molecule has 0 saturated heterocycles. The molecule has 0 aliphatic carbocycles. The number of nitrogens with zero attached hydrogens (tertiary/aromatic N) is 1. The van der Waals surface area contributed by atoms with Gasteiger partial charge in [-0.25, -0.2) is 4.79 Å². The van der Waals surface area contributed by atoms with E-state index in [-0.39, 0.29) is 12.1 Å². The highest BCUT2D eigenvalue weighted by Crippen LogP contribution is 2.30. The molecule has 98 valence electrons. The van der Waals surface area contributed by atoms with Gasteiger partial charge in [0.25, 0.3) is 0 Å². The predicted molar refractivity (Wildman–Crippen MR) is 72.3 cm³/mol. The average Bonchev–Trinajstić information content (AvgIpc) is 2.36. The SMILES string of the molecule is COc1ccc2c(c1)N(C(=O)NC(C)C)CCC2. The van der Waals surface area contributed by atoms with Gasteiger partial charge in [-0.05, 0) is 38.3 Å². The van der Waals surface area contributed by atoms with Gasteiger partial charge in [0.2, 0.25) is 0 Å². The van der Waals surface area contributed by atoms with Gasteiger partial charge < -0.3 is 10.1 Å². The number of rotatable bonds is 2. The van der Waals surface area contributed by atoms with E-state index >= 15 is 0 Å². The molecule has 0 spiro atoms. The van der Waals surface area contributed by atoms with E-state index in [1.165, 1.54) is 5.56 Å². The van der Waals surface area contributed by atoms with Crippen LogP contribution in [0.5, 0.6) is 5.75 Å². The standard InChI is InChI=1S/C14H20N2O2/c1-10(2)15-14(17)16-8-4-5-11-6-7-12(18-3)9-13(11)16/h6-7,9-10H,4-5,8H2,1-3H3,(H,15,17). The van der Waals surface area contributed by atoms with E-state index in [0.29, 0.717) is 0 Å². The lowest BCUT2D eigenvalue weighted by molar-refractivity contribution is 0.243. The minimum absolute atomic E-state index is 0.0285. The summed E-state index contributed by atoms with van der Waals surface area (Å²) in [5.41, 5.74) is 2.18. The van der Waals surface area contributed by atoms with Crippen LogP contribution in [-0.2, 0) is 6.42 Å². The molecule has 1 heterocycles. The molecule has 1 aliphatic heterocycles. The number of fused-ring (bicyclic) bond motifs is 1. The summed E-state index contributed by atoms with van der Waals surface area (Å²) in [4.78, 5) is 14.0. The van der Waals surface area contributed by atoms with Gasteiger partial charge >= 0.3 is 6.03 Å². The Bertz CT molecular complexity index is 443. The molecule has 0 bridgehead atoms.